The Balaban J connectivity index is 1.67. The van der Waals surface area contributed by atoms with Crippen LogP contribution in [-0.2, 0) is 11.3 Å². The first-order valence-corrected chi connectivity index (χ1v) is 8.77. The average Bonchev–Trinajstić information content (AvgIpc) is 3.12. The van der Waals surface area contributed by atoms with Gasteiger partial charge in [-0.15, -0.1) is 11.3 Å². The Morgan fingerprint density at radius 3 is 3.13 bits per heavy atom. The van der Waals surface area contributed by atoms with Crippen LogP contribution in [0, 0.1) is 0 Å². The molecule has 0 aromatic carbocycles. The van der Waals surface area contributed by atoms with E-state index in [9.17, 15) is 9.59 Å². The predicted octanol–water partition coefficient (Wildman–Crippen LogP) is 2.11. The molecule has 7 heteroatoms. The fourth-order valence-electron chi connectivity index (χ4n) is 3.32. The van der Waals surface area contributed by atoms with Gasteiger partial charge in [0.05, 0.1) is 0 Å². The molecule has 1 aliphatic rings. The van der Waals surface area contributed by atoms with E-state index < -0.39 is 0 Å². The van der Waals surface area contributed by atoms with E-state index in [1.54, 1.807) is 22.1 Å². The van der Waals surface area contributed by atoms with Gasteiger partial charge < -0.3 is 4.90 Å². The second kappa shape index (κ2) is 5.49. The van der Waals surface area contributed by atoms with E-state index in [1.807, 2.05) is 22.4 Å². The summed E-state index contributed by atoms with van der Waals surface area (Å²) in [5.74, 6) is -0.0236. The molecule has 4 heterocycles. The van der Waals surface area contributed by atoms with E-state index in [4.69, 9.17) is 0 Å². The number of nitrogens with zero attached hydrogens (tertiary/aromatic N) is 4. The second-order valence-electron chi connectivity index (χ2n) is 6.11. The lowest BCUT2D eigenvalue weighted by Gasteiger charge is -2.33. The summed E-state index contributed by atoms with van der Waals surface area (Å²) in [4.78, 5) is 28.0. The SMILES string of the molecule is C[C@H]1CCCCN1C(=O)Cn1ncn2c(cc3ccsc32)c1=O. The lowest BCUT2D eigenvalue weighted by Crippen LogP contribution is -2.45. The molecule has 1 fully saturated rings. The lowest BCUT2D eigenvalue weighted by atomic mass is 10.0. The van der Waals surface area contributed by atoms with Gasteiger partial charge in [0.25, 0.3) is 5.56 Å². The Morgan fingerprint density at radius 1 is 1.43 bits per heavy atom. The molecule has 0 N–H and O–H groups in total. The largest absolute Gasteiger partial charge is 0.338 e. The van der Waals surface area contributed by atoms with E-state index in [0.29, 0.717) is 5.52 Å². The Labute approximate surface area is 136 Å². The van der Waals surface area contributed by atoms with Gasteiger partial charge in [-0.3, -0.25) is 14.0 Å². The van der Waals surface area contributed by atoms with Crippen LogP contribution in [0.25, 0.3) is 15.7 Å². The van der Waals surface area contributed by atoms with Crippen LogP contribution in [0.1, 0.15) is 26.2 Å². The number of thiophene rings is 1. The van der Waals surface area contributed by atoms with Gasteiger partial charge >= 0.3 is 0 Å². The number of hydrogen-bond acceptors (Lipinski definition) is 4. The second-order valence-corrected chi connectivity index (χ2v) is 7.00. The molecule has 0 aliphatic carbocycles. The maximum Gasteiger partial charge on any atom is 0.291 e. The molecule has 6 nitrogen and oxygen atoms in total. The Morgan fingerprint density at radius 2 is 2.30 bits per heavy atom. The van der Waals surface area contributed by atoms with Crippen LogP contribution in [0.2, 0.25) is 0 Å². The van der Waals surface area contributed by atoms with Crippen LogP contribution < -0.4 is 5.56 Å². The Kier molecular flexibility index (Phi) is 3.45. The number of fused-ring (bicyclic) bond motifs is 3. The number of amides is 1. The number of rotatable bonds is 2. The molecule has 3 aromatic heterocycles. The Bertz CT molecular complexity index is 939. The fraction of sp³-hybridized carbons (Fsp3) is 0.438. The third kappa shape index (κ3) is 2.35. The molecule has 1 saturated heterocycles. The van der Waals surface area contributed by atoms with Crippen molar-refractivity contribution in [3.8, 4) is 0 Å². The van der Waals surface area contributed by atoms with E-state index in [1.165, 1.54) is 4.68 Å². The summed E-state index contributed by atoms with van der Waals surface area (Å²) in [6.07, 6.45) is 4.85. The normalized spacial score (nSPS) is 18.8. The molecule has 23 heavy (non-hydrogen) atoms. The van der Waals surface area contributed by atoms with Gasteiger partial charge in [-0.2, -0.15) is 5.10 Å². The van der Waals surface area contributed by atoms with E-state index in [-0.39, 0.29) is 24.1 Å². The maximum atomic E-state index is 12.6. The summed E-state index contributed by atoms with van der Waals surface area (Å²) in [6, 6.07) is 4.09. The zero-order valence-electron chi connectivity index (χ0n) is 12.9. The monoisotopic (exact) mass is 330 g/mol. The van der Waals surface area contributed by atoms with Crippen molar-refractivity contribution < 1.29 is 4.79 Å². The zero-order chi connectivity index (χ0) is 16.0. The van der Waals surface area contributed by atoms with Crippen LogP contribution in [0.15, 0.2) is 28.6 Å². The van der Waals surface area contributed by atoms with Gasteiger partial charge in [0.15, 0.2) is 0 Å². The number of likely N-dealkylation sites (tertiary alicyclic amines) is 1. The van der Waals surface area contributed by atoms with Crippen LogP contribution in [0.5, 0.6) is 0 Å². The van der Waals surface area contributed by atoms with Crippen molar-refractivity contribution in [2.75, 3.05) is 6.54 Å². The minimum Gasteiger partial charge on any atom is -0.338 e. The van der Waals surface area contributed by atoms with Crippen LogP contribution in [0.4, 0.5) is 0 Å². The van der Waals surface area contributed by atoms with Crippen LogP contribution >= 0.6 is 11.3 Å². The van der Waals surface area contributed by atoms with Gasteiger partial charge in [-0.1, -0.05) is 0 Å². The minimum absolute atomic E-state index is 0.0124. The highest BCUT2D eigenvalue weighted by molar-refractivity contribution is 7.16. The van der Waals surface area contributed by atoms with Crippen molar-refractivity contribution in [2.45, 2.75) is 38.8 Å². The zero-order valence-corrected chi connectivity index (χ0v) is 13.8. The fourth-order valence-corrected chi connectivity index (χ4v) is 4.19. The third-order valence-electron chi connectivity index (χ3n) is 4.61. The van der Waals surface area contributed by atoms with Crippen molar-refractivity contribution >= 4 is 33.0 Å². The number of hydrogen-bond donors (Lipinski definition) is 0. The summed E-state index contributed by atoms with van der Waals surface area (Å²) in [6.45, 7) is 2.86. The van der Waals surface area contributed by atoms with Crippen LogP contribution in [0.3, 0.4) is 0 Å². The van der Waals surface area contributed by atoms with Gasteiger partial charge in [-0.25, -0.2) is 4.68 Å². The maximum absolute atomic E-state index is 12.6. The van der Waals surface area contributed by atoms with E-state index in [0.717, 1.165) is 36.0 Å². The van der Waals surface area contributed by atoms with Crippen molar-refractivity contribution in [1.82, 2.24) is 19.1 Å². The van der Waals surface area contributed by atoms with Crippen molar-refractivity contribution in [3.05, 3.63) is 34.2 Å². The van der Waals surface area contributed by atoms with Crippen LogP contribution in [-0.4, -0.2) is 37.6 Å². The highest BCUT2D eigenvalue weighted by Gasteiger charge is 2.24. The summed E-state index contributed by atoms with van der Waals surface area (Å²) < 4.78 is 3.08. The highest BCUT2D eigenvalue weighted by Crippen LogP contribution is 2.23. The quantitative estimate of drug-likeness (QED) is 0.723. The summed E-state index contributed by atoms with van der Waals surface area (Å²) in [7, 11) is 0. The molecule has 1 amide bonds. The standard InChI is InChI=1S/C16H18N4O2S/c1-11-4-2-3-6-18(11)14(21)9-20-15(22)13-8-12-5-7-23-16(12)19(13)10-17-20/h5,7-8,10-11H,2-4,6,9H2,1H3/t11-/m0/s1. The lowest BCUT2D eigenvalue weighted by molar-refractivity contribution is -0.135. The molecule has 1 aliphatic heterocycles. The van der Waals surface area contributed by atoms with Gasteiger partial charge in [0.2, 0.25) is 5.91 Å². The number of carbonyl (C=O) groups is 1. The minimum atomic E-state index is -0.214. The summed E-state index contributed by atoms with van der Waals surface area (Å²) in [5, 5.41) is 7.21. The highest BCUT2D eigenvalue weighted by atomic mass is 32.1. The molecule has 1 atom stereocenters. The van der Waals surface area contributed by atoms with E-state index >= 15 is 0 Å². The predicted molar refractivity (Wildman–Crippen MR) is 89.9 cm³/mol. The number of carbonyl (C=O) groups excluding carboxylic acids is 1. The Hall–Kier alpha value is -2.15. The van der Waals surface area contributed by atoms with Crippen molar-refractivity contribution in [2.24, 2.45) is 0 Å². The first-order valence-electron chi connectivity index (χ1n) is 7.89. The van der Waals surface area contributed by atoms with Gasteiger partial charge in [-0.05, 0) is 43.7 Å². The molecule has 0 spiro atoms. The molecule has 4 rings (SSSR count). The molecule has 0 bridgehead atoms. The molecule has 120 valence electrons. The topological polar surface area (TPSA) is 59.6 Å². The van der Waals surface area contributed by atoms with E-state index in [2.05, 4.69) is 12.0 Å². The number of aromatic nitrogens is 3. The molecule has 0 radical (unpaired) electrons. The van der Waals surface area contributed by atoms with Crippen molar-refractivity contribution in [1.29, 1.82) is 0 Å². The van der Waals surface area contributed by atoms with Gasteiger partial charge in [0.1, 0.15) is 23.2 Å². The third-order valence-corrected chi connectivity index (χ3v) is 5.54. The van der Waals surface area contributed by atoms with Crippen molar-refractivity contribution in [3.63, 3.8) is 0 Å². The molecule has 3 aromatic rings. The first kappa shape index (κ1) is 14.4. The molecular weight excluding hydrogens is 312 g/mol. The first-order chi connectivity index (χ1) is 11.1. The average molecular weight is 330 g/mol. The number of piperidine rings is 1. The smallest absolute Gasteiger partial charge is 0.291 e. The summed E-state index contributed by atoms with van der Waals surface area (Å²) >= 11 is 1.57. The molecule has 0 unspecified atom stereocenters. The molecular formula is C16H18N4O2S. The molecule has 0 saturated carbocycles. The van der Waals surface area contributed by atoms with Gasteiger partial charge in [0, 0.05) is 18.0 Å². The summed E-state index contributed by atoms with van der Waals surface area (Å²) in [5.41, 5.74) is 0.357.